The molecule has 6 aliphatic heterocycles. The Morgan fingerprint density at radius 2 is 0.609 bits per heavy atom. The molecule has 0 aromatic heterocycles. The first kappa shape index (κ1) is 140. The summed E-state index contributed by atoms with van der Waals surface area (Å²) in [6.45, 7) is 0.0177. The van der Waals surface area contributed by atoms with Gasteiger partial charge in [0.15, 0.2) is 31.5 Å². The van der Waals surface area contributed by atoms with Gasteiger partial charge in [0.1, 0.15) is 134 Å². The molecule has 30 nitrogen and oxygen atoms in total. The Balaban J connectivity index is -0.000000277. The van der Waals surface area contributed by atoms with Gasteiger partial charge < -0.3 is 149 Å². The zero-order valence-electron chi connectivity index (χ0n) is 47.2. The average Bonchev–Trinajstić information content (AvgIpc) is 3.34. The standard InChI is InChI=1S/C39H66NO29.18Ac/c1-3-4-58-35-26(55)23(52)29(14(8-44)63-35)65-37-27(56)24(53)30(15(9-45)64-37)66-38-28(57)32(20(49)13(7-43)61-38)68-34-16(40)31(19(48)12(6-42)60-34)67-39-33(22(51)18(47)11(5-41)62-39)69-36-25(54)21(50)17(46)10(2)59-36;;;;;;;;;;;;;;;;;;/h3,10-57H,1,4-9H2,2H3;;;;;;;;;;;;;;;;;;/q-1;;;;;;;;;;;;;;;;;;/t10?,11?,12?,13?,14?,15?,16?,17-,18-,19-,20-,21+,22-,23+,24+,25?,26?,27?,28?,29-,30-,31+,32-,33?,34-,35+,36-,37-,38-,39-;;;;;;;;;;;;;;;;;;/m0................../s1. The molecule has 18 radical (unpaired) electrons. The molecule has 30 atom stereocenters. The first-order valence-corrected chi connectivity index (χ1v) is 22.1. The van der Waals surface area contributed by atoms with Gasteiger partial charge in [0.05, 0.1) is 51.8 Å². The van der Waals surface area contributed by atoms with Crippen LogP contribution in [0, 0.1) is 793 Å². The van der Waals surface area contributed by atoms with E-state index in [9.17, 15) is 86.8 Å². The van der Waals surface area contributed by atoms with Crippen molar-refractivity contribution in [2.24, 2.45) is 0 Å². The van der Waals surface area contributed by atoms with E-state index >= 15 is 0 Å². The molecule has 6 heterocycles. The van der Waals surface area contributed by atoms with Gasteiger partial charge in [0.25, 0.3) is 0 Å². The van der Waals surface area contributed by atoms with Gasteiger partial charge in [-0.15, -0.1) is 6.58 Å². The summed E-state index contributed by atoms with van der Waals surface area (Å²) in [5.41, 5.74) is 9.06. The fraction of sp³-hybridized carbons (Fsp3) is 0.949. The molecule has 0 aromatic rings. The zero-order valence-corrected chi connectivity index (χ0v) is 133. The van der Waals surface area contributed by atoms with Crippen LogP contribution in [0.25, 0.3) is 5.73 Å². The molecule has 6 rings (SSSR count). The second-order valence-corrected chi connectivity index (χ2v) is 17.4. The molecule has 6 fully saturated rings. The first-order valence-electron chi connectivity index (χ1n) is 22.1. The maximum absolute atomic E-state index is 11.6. The molecular weight excluding hydrogens is 5030 g/mol. The monoisotopic (exact) mass is 5100 g/mol. The summed E-state index contributed by atoms with van der Waals surface area (Å²) >= 11 is 0. The quantitative estimate of drug-likeness (QED) is 0.0567. The molecule has 6 aliphatic rings. The largest absolute Gasteiger partial charge is 0.668 e. The van der Waals surface area contributed by atoms with Crippen molar-refractivity contribution in [2.75, 3.05) is 39.6 Å². The number of hydrogen-bond acceptors (Lipinski definition) is 29. The molecule has 0 aliphatic carbocycles. The van der Waals surface area contributed by atoms with Crippen LogP contribution >= 0.6 is 0 Å². The predicted molar refractivity (Wildman–Crippen MR) is 214 cm³/mol. The number of hydrogen-bond donors (Lipinski definition) is 17. The predicted octanol–water partition coefficient (Wildman–Crippen LogP) is -10.8. The molecule has 456 valence electrons. The zero-order chi connectivity index (χ0) is 50.8. The minimum absolute atomic E-state index is 0. The molecule has 0 spiro atoms. The van der Waals surface area contributed by atoms with E-state index < -0.39 is 217 Å². The smallest absolute Gasteiger partial charge is 0.187 e. The van der Waals surface area contributed by atoms with E-state index in [0.29, 0.717) is 0 Å². The fourth-order valence-electron chi connectivity index (χ4n) is 8.74. The van der Waals surface area contributed by atoms with Gasteiger partial charge in [0, 0.05) is 793 Å². The Hall–Kier alpha value is 24.5. The van der Waals surface area contributed by atoms with Crippen LogP contribution in [0.5, 0.6) is 0 Å². The van der Waals surface area contributed by atoms with Crippen LogP contribution in [0.2, 0.25) is 0 Å². The third-order valence-corrected chi connectivity index (χ3v) is 12.8. The van der Waals surface area contributed by atoms with Crippen molar-refractivity contribution in [1.29, 1.82) is 0 Å². The molecule has 6 saturated heterocycles. The summed E-state index contributed by atoms with van der Waals surface area (Å²) < 4.78 is 67.7. The van der Waals surface area contributed by atoms with Crippen molar-refractivity contribution in [2.45, 2.75) is 191 Å². The van der Waals surface area contributed by atoms with Gasteiger partial charge >= 0.3 is 0 Å². The average molecular weight is 5100 g/mol. The Bertz CT molecular complexity index is 1640. The number of nitrogens with one attached hydrogen (secondary N) is 1. The van der Waals surface area contributed by atoms with Crippen molar-refractivity contribution in [3.05, 3.63) is 18.4 Å². The molecule has 0 saturated carbocycles. The van der Waals surface area contributed by atoms with Crippen LogP contribution in [0.1, 0.15) is 6.92 Å². The Labute approximate surface area is 1150 Å². The normalized spacial score (nSPS) is 41.3. The third-order valence-electron chi connectivity index (χ3n) is 12.8. The second kappa shape index (κ2) is 74.3. The third kappa shape index (κ3) is 40.8. The Morgan fingerprint density at radius 1 is 0.310 bits per heavy atom. The van der Waals surface area contributed by atoms with Crippen molar-refractivity contribution >= 4 is 0 Å². The number of ether oxygens (including phenoxy) is 12. The Kier molecular flexibility index (Phi) is 120. The summed E-state index contributed by atoms with van der Waals surface area (Å²) in [6, 6.07) is -1.98. The van der Waals surface area contributed by atoms with Gasteiger partial charge in [-0.25, -0.2) is 0 Å². The van der Waals surface area contributed by atoms with Crippen LogP contribution < -0.4 is 0 Å². The summed E-state index contributed by atoms with van der Waals surface area (Å²) in [4.78, 5) is 0. The van der Waals surface area contributed by atoms with Gasteiger partial charge in [-0.3, -0.25) is 0 Å². The van der Waals surface area contributed by atoms with E-state index in [4.69, 9.17) is 62.6 Å². The van der Waals surface area contributed by atoms with Gasteiger partial charge in [-0.2, -0.15) is 0 Å². The van der Waals surface area contributed by atoms with Gasteiger partial charge in [-0.05, 0) is 6.92 Å². The molecule has 87 heavy (non-hydrogen) atoms. The SMILES string of the molecule is C=CCO[C@@H]1OC(CO)[C@H](O[C@@H]2OC(CO)[C@H](O[C@@H]3OC(CO)[C@H](O)[C@H](O[C@@H]4OC(CO)[C@H](O)[C@H](O[C@@H]5OC(CO)[C@H](O)[C@H](O)C5O[C@@H]5OC(C)[C@H](O)[C@@H](O)C5O)C4[NH-])C3O)[C@H](O)C2O)[C@H](O)C1O.[Ac].[Ac].[Ac].[Ac].[Ac].[Ac].[Ac].[Ac].[Ac].[Ac].[Ac].[Ac].[Ac].[Ac].[Ac].[Ac].[Ac].[Ac]. The Morgan fingerprint density at radius 3 is 1.05 bits per heavy atom. The van der Waals surface area contributed by atoms with Crippen LogP contribution in [0.3, 0.4) is 0 Å². The topological polar surface area (TPSA) is 478 Å². The molecule has 0 amide bonds. The molecule has 18 N–H and O–H groups in total. The van der Waals surface area contributed by atoms with E-state index in [1.54, 1.807) is 0 Å². The molecule has 0 aromatic carbocycles. The van der Waals surface area contributed by atoms with Crippen molar-refractivity contribution < 1.29 is 937 Å². The van der Waals surface area contributed by atoms with E-state index in [1.807, 2.05) is 0 Å². The molecule has 48 heteroatoms. The second-order valence-electron chi connectivity index (χ2n) is 17.4. The number of aliphatic hydroxyl groups is 17. The minimum atomic E-state index is -2.17. The summed E-state index contributed by atoms with van der Waals surface area (Å²) in [5.74, 6) is 0. The van der Waals surface area contributed by atoms with E-state index in [-0.39, 0.29) is 800 Å². The van der Waals surface area contributed by atoms with Crippen LogP contribution in [0.15, 0.2) is 12.7 Å². The summed E-state index contributed by atoms with van der Waals surface area (Å²) in [7, 11) is 0. The summed E-state index contributed by atoms with van der Waals surface area (Å²) in [5, 5.41) is 181. The summed E-state index contributed by atoms with van der Waals surface area (Å²) in [6.07, 6.45) is -51.2. The molecule has 12 unspecified atom stereocenters. The van der Waals surface area contributed by atoms with Crippen LogP contribution in [0.4, 0.5) is 0 Å². The van der Waals surface area contributed by atoms with Crippen LogP contribution in [-0.2, 0) is 56.8 Å². The van der Waals surface area contributed by atoms with E-state index in [0.717, 1.165) is 0 Å². The number of rotatable bonds is 18. The molecular formula is C39H66Ac18NO29-. The van der Waals surface area contributed by atoms with Crippen molar-refractivity contribution in [3.8, 4) is 0 Å². The van der Waals surface area contributed by atoms with E-state index in [2.05, 4.69) is 6.58 Å². The van der Waals surface area contributed by atoms with Crippen molar-refractivity contribution in [3.63, 3.8) is 0 Å². The maximum Gasteiger partial charge on any atom is 0.187 e. The number of aliphatic hydroxyl groups excluding tert-OH is 17. The van der Waals surface area contributed by atoms with Gasteiger partial charge in [-0.1, -0.05) is 12.1 Å². The molecule has 0 bridgehead atoms. The minimum Gasteiger partial charge on any atom is -0.668 e. The maximum atomic E-state index is 11.6. The fourth-order valence-corrected chi connectivity index (χ4v) is 8.74. The van der Waals surface area contributed by atoms with Gasteiger partial charge in [0.2, 0.25) is 0 Å². The van der Waals surface area contributed by atoms with Crippen LogP contribution in [-0.4, -0.2) is 311 Å². The van der Waals surface area contributed by atoms with E-state index in [1.165, 1.54) is 13.0 Å². The first-order chi connectivity index (χ1) is 32.8. The van der Waals surface area contributed by atoms with Crippen molar-refractivity contribution in [1.82, 2.24) is 0 Å².